The van der Waals surface area contributed by atoms with Gasteiger partial charge in [0.05, 0.1) is 11.1 Å². The molecule has 0 bridgehead atoms. The standard InChI is InChI=1S/C15H17ClFNO/c1-4-18-15(12-7-9(2)19-10(12)3)11-5-6-14(17)13(16)8-11/h5-8,15,18H,4H2,1-3H3. The van der Waals surface area contributed by atoms with Gasteiger partial charge in [-0.2, -0.15) is 0 Å². The third-order valence-electron chi connectivity index (χ3n) is 3.08. The number of nitrogens with one attached hydrogen (secondary N) is 1. The number of rotatable bonds is 4. The van der Waals surface area contributed by atoms with Crippen molar-refractivity contribution in [2.45, 2.75) is 26.8 Å². The predicted molar refractivity (Wildman–Crippen MR) is 75.1 cm³/mol. The van der Waals surface area contributed by atoms with E-state index in [0.29, 0.717) is 0 Å². The number of hydrogen-bond acceptors (Lipinski definition) is 2. The third kappa shape index (κ3) is 2.99. The van der Waals surface area contributed by atoms with Gasteiger partial charge in [0.1, 0.15) is 17.3 Å². The second kappa shape index (κ2) is 5.76. The number of halogens is 2. The number of aryl methyl sites for hydroxylation is 2. The zero-order chi connectivity index (χ0) is 14.0. The van der Waals surface area contributed by atoms with Crippen molar-refractivity contribution in [2.24, 2.45) is 0 Å². The van der Waals surface area contributed by atoms with Crippen LogP contribution in [0.3, 0.4) is 0 Å². The van der Waals surface area contributed by atoms with Crippen LogP contribution in [0.5, 0.6) is 0 Å². The fourth-order valence-corrected chi connectivity index (χ4v) is 2.43. The van der Waals surface area contributed by atoms with E-state index < -0.39 is 5.82 Å². The van der Waals surface area contributed by atoms with Gasteiger partial charge in [0.15, 0.2) is 0 Å². The Morgan fingerprint density at radius 1 is 1.32 bits per heavy atom. The van der Waals surface area contributed by atoms with Gasteiger partial charge >= 0.3 is 0 Å². The Morgan fingerprint density at radius 3 is 2.58 bits per heavy atom. The summed E-state index contributed by atoms with van der Waals surface area (Å²) in [5.74, 6) is 1.33. The molecular weight excluding hydrogens is 265 g/mol. The van der Waals surface area contributed by atoms with Crippen LogP contribution in [-0.4, -0.2) is 6.54 Å². The minimum atomic E-state index is -0.402. The first-order chi connectivity index (χ1) is 9.02. The molecule has 19 heavy (non-hydrogen) atoms. The molecule has 102 valence electrons. The average molecular weight is 282 g/mol. The molecule has 1 N–H and O–H groups in total. The van der Waals surface area contributed by atoms with E-state index in [2.05, 4.69) is 5.32 Å². The van der Waals surface area contributed by atoms with E-state index in [1.54, 1.807) is 12.1 Å². The zero-order valence-corrected chi connectivity index (χ0v) is 12.0. The Labute approximate surface area is 117 Å². The molecule has 1 aromatic heterocycles. The van der Waals surface area contributed by atoms with E-state index >= 15 is 0 Å². The molecule has 2 aromatic rings. The van der Waals surface area contributed by atoms with Crippen molar-refractivity contribution in [3.05, 3.63) is 57.8 Å². The molecule has 0 spiro atoms. The molecule has 1 unspecified atom stereocenters. The van der Waals surface area contributed by atoms with E-state index in [9.17, 15) is 4.39 Å². The molecule has 1 aromatic carbocycles. The van der Waals surface area contributed by atoms with Gasteiger partial charge in [0.2, 0.25) is 0 Å². The monoisotopic (exact) mass is 281 g/mol. The Hall–Kier alpha value is -1.32. The van der Waals surface area contributed by atoms with Crippen LogP contribution in [0.2, 0.25) is 5.02 Å². The van der Waals surface area contributed by atoms with Gasteiger partial charge in [0, 0.05) is 5.56 Å². The van der Waals surface area contributed by atoms with Crippen molar-refractivity contribution in [3.63, 3.8) is 0 Å². The molecule has 0 saturated heterocycles. The molecule has 4 heteroatoms. The third-order valence-corrected chi connectivity index (χ3v) is 3.37. The summed E-state index contributed by atoms with van der Waals surface area (Å²) in [6.45, 7) is 6.67. The van der Waals surface area contributed by atoms with Gasteiger partial charge in [-0.05, 0) is 44.2 Å². The van der Waals surface area contributed by atoms with Crippen LogP contribution in [0.25, 0.3) is 0 Å². The maximum Gasteiger partial charge on any atom is 0.141 e. The lowest BCUT2D eigenvalue weighted by Crippen LogP contribution is -2.22. The molecule has 0 amide bonds. The summed E-state index contributed by atoms with van der Waals surface area (Å²) in [7, 11) is 0. The van der Waals surface area contributed by atoms with E-state index in [-0.39, 0.29) is 11.1 Å². The first-order valence-corrected chi connectivity index (χ1v) is 6.66. The molecule has 1 heterocycles. The first-order valence-electron chi connectivity index (χ1n) is 6.28. The highest BCUT2D eigenvalue weighted by atomic mass is 35.5. The molecule has 0 aliphatic rings. The van der Waals surface area contributed by atoms with Crippen molar-refractivity contribution < 1.29 is 8.81 Å². The maximum atomic E-state index is 13.3. The summed E-state index contributed by atoms with van der Waals surface area (Å²) in [4.78, 5) is 0. The average Bonchev–Trinajstić information content (AvgIpc) is 2.69. The van der Waals surface area contributed by atoms with Gasteiger partial charge in [-0.25, -0.2) is 4.39 Å². The van der Waals surface area contributed by atoms with E-state index in [4.69, 9.17) is 16.0 Å². The maximum absolute atomic E-state index is 13.3. The Bertz CT molecular complexity index is 580. The summed E-state index contributed by atoms with van der Waals surface area (Å²) in [6.07, 6.45) is 0. The fraction of sp³-hybridized carbons (Fsp3) is 0.333. The lowest BCUT2D eigenvalue weighted by molar-refractivity contribution is 0.495. The summed E-state index contributed by atoms with van der Waals surface area (Å²) < 4.78 is 18.8. The zero-order valence-electron chi connectivity index (χ0n) is 11.3. The van der Waals surface area contributed by atoms with Crippen LogP contribution in [0, 0.1) is 19.7 Å². The lowest BCUT2D eigenvalue weighted by atomic mass is 9.99. The molecular formula is C15H17ClFNO. The van der Waals surface area contributed by atoms with Crippen molar-refractivity contribution in [2.75, 3.05) is 6.54 Å². The van der Waals surface area contributed by atoms with E-state index in [1.165, 1.54) is 6.07 Å². The molecule has 1 atom stereocenters. The highest BCUT2D eigenvalue weighted by Gasteiger charge is 2.19. The normalized spacial score (nSPS) is 12.7. The Balaban J connectivity index is 2.44. The summed E-state index contributed by atoms with van der Waals surface area (Å²) in [6, 6.07) is 6.76. The second-order valence-corrected chi connectivity index (χ2v) is 4.94. The first kappa shape index (κ1) is 14.1. The number of benzene rings is 1. The molecule has 0 aliphatic heterocycles. The van der Waals surface area contributed by atoms with Crippen LogP contribution in [-0.2, 0) is 0 Å². The minimum absolute atomic E-state index is 0.0412. The Kier molecular flexibility index (Phi) is 4.27. The topological polar surface area (TPSA) is 25.2 Å². The minimum Gasteiger partial charge on any atom is -0.466 e. The number of furan rings is 1. The second-order valence-electron chi connectivity index (χ2n) is 4.53. The predicted octanol–water partition coefficient (Wildman–Crippen LogP) is 4.39. The molecule has 2 nitrogen and oxygen atoms in total. The highest BCUT2D eigenvalue weighted by molar-refractivity contribution is 6.30. The fourth-order valence-electron chi connectivity index (χ4n) is 2.24. The van der Waals surface area contributed by atoms with Gasteiger partial charge in [-0.3, -0.25) is 0 Å². The highest BCUT2D eigenvalue weighted by Crippen LogP contribution is 2.29. The summed E-state index contributed by atoms with van der Waals surface area (Å²) in [5, 5.41) is 3.51. The van der Waals surface area contributed by atoms with E-state index in [0.717, 1.165) is 29.2 Å². The van der Waals surface area contributed by atoms with Gasteiger partial charge in [-0.1, -0.05) is 24.6 Å². The summed E-state index contributed by atoms with van der Waals surface area (Å²) >= 11 is 5.86. The number of hydrogen-bond donors (Lipinski definition) is 1. The van der Waals surface area contributed by atoms with Crippen LogP contribution < -0.4 is 5.32 Å². The summed E-state index contributed by atoms with van der Waals surface area (Å²) in [5.41, 5.74) is 1.99. The van der Waals surface area contributed by atoms with Crippen molar-refractivity contribution >= 4 is 11.6 Å². The van der Waals surface area contributed by atoms with Crippen LogP contribution in [0.15, 0.2) is 28.7 Å². The van der Waals surface area contributed by atoms with Crippen molar-refractivity contribution in [3.8, 4) is 0 Å². The van der Waals surface area contributed by atoms with Gasteiger partial charge < -0.3 is 9.73 Å². The molecule has 0 aliphatic carbocycles. The quantitative estimate of drug-likeness (QED) is 0.899. The molecule has 0 radical (unpaired) electrons. The van der Waals surface area contributed by atoms with Crippen molar-refractivity contribution in [1.29, 1.82) is 0 Å². The SMILES string of the molecule is CCNC(c1ccc(F)c(Cl)c1)c1cc(C)oc1C. The van der Waals surface area contributed by atoms with Crippen LogP contribution >= 0.6 is 11.6 Å². The lowest BCUT2D eigenvalue weighted by Gasteiger charge is -2.18. The Morgan fingerprint density at radius 2 is 2.05 bits per heavy atom. The molecule has 0 saturated carbocycles. The van der Waals surface area contributed by atoms with Crippen LogP contribution in [0.1, 0.15) is 35.6 Å². The van der Waals surface area contributed by atoms with E-state index in [1.807, 2.05) is 26.8 Å². The smallest absolute Gasteiger partial charge is 0.141 e. The van der Waals surface area contributed by atoms with Gasteiger partial charge in [-0.15, -0.1) is 0 Å². The van der Waals surface area contributed by atoms with Gasteiger partial charge in [0.25, 0.3) is 0 Å². The van der Waals surface area contributed by atoms with Crippen LogP contribution in [0.4, 0.5) is 4.39 Å². The van der Waals surface area contributed by atoms with Crippen molar-refractivity contribution in [1.82, 2.24) is 5.32 Å². The molecule has 0 fully saturated rings. The molecule has 2 rings (SSSR count). The largest absolute Gasteiger partial charge is 0.466 e.